The predicted octanol–water partition coefficient (Wildman–Crippen LogP) is 3.08. The molecular weight excluding hydrogens is 400 g/mol. The minimum absolute atomic E-state index is 0.150. The first-order chi connectivity index (χ1) is 14.6. The van der Waals surface area contributed by atoms with Gasteiger partial charge >= 0.3 is 0 Å². The molecule has 0 aliphatic carbocycles. The maximum atomic E-state index is 12.2. The highest BCUT2D eigenvalue weighted by atomic mass is 32.2. The molecule has 1 aromatic carbocycles. The summed E-state index contributed by atoms with van der Waals surface area (Å²) in [6, 6.07) is 11.6. The van der Waals surface area contributed by atoms with Crippen LogP contribution in [0.15, 0.2) is 59.0 Å². The number of hydrogen-bond donors (Lipinski definition) is 3. The molecule has 0 saturated carbocycles. The zero-order chi connectivity index (χ0) is 21.3. The molecule has 2 heterocycles. The highest BCUT2D eigenvalue weighted by Crippen LogP contribution is 2.21. The fourth-order valence-electron chi connectivity index (χ4n) is 2.53. The summed E-state index contributed by atoms with van der Waals surface area (Å²) in [6.45, 7) is 4.34. The summed E-state index contributed by atoms with van der Waals surface area (Å²) in [4.78, 5) is 16.2. The summed E-state index contributed by atoms with van der Waals surface area (Å²) in [5.41, 5.74) is 5.57. The van der Waals surface area contributed by atoms with Crippen LogP contribution in [-0.2, 0) is 4.79 Å². The molecular formula is C20H24N8OS. The van der Waals surface area contributed by atoms with Crippen LogP contribution in [0.4, 0.5) is 11.6 Å². The van der Waals surface area contributed by atoms with Gasteiger partial charge in [-0.3, -0.25) is 9.78 Å². The van der Waals surface area contributed by atoms with Crippen LogP contribution in [0, 0.1) is 0 Å². The van der Waals surface area contributed by atoms with Gasteiger partial charge in [-0.15, -0.1) is 10.2 Å². The zero-order valence-corrected chi connectivity index (χ0v) is 17.6. The van der Waals surface area contributed by atoms with Crippen molar-refractivity contribution >= 4 is 35.5 Å². The number of nitrogens with two attached hydrogens (primary N) is 1. The Hall–Kier alpha value is -3.40. The summed E-state index contributed by atoms with van der Waals surface area (Å²) >= 11 is 1.19. The molecule has 3 aromatic rings. The zero-order valence-electron chi connectivity index (χ0n) is 16.8. The largest absolute Gasteiger partial charge is 0.334 e. The van der Waals surface area contributed by atoms with Crippen LogP contribution < -0.4 is 16.6 Å². The molecule has 0 saturated heterocycles. The number of pyridine rings is 1. The highest BCUT2D eigenvalue weighted by Gasteiger charge is 2.12. The van der Waals surface area contributed by atoms with Crippen molar-refractivity contribution < 1.29 is 4.79 Å². The number of nitrogens with one attached hydrogen (secondary N) is 2. The van der Waals surface area contributed by atoms with Gasteiger partial charge in [-0.25, -0.2) is 10.1 Å². The maximum absolute atomic E-state index is 12.2. The second-order valence-electron chi connectivity index (χ2n) is 6.60. The van der Waals surface area contributed by atoms with Crippen molar-refractivity contribution in [1.29, 1.82) is 0 Å². The van der Waals surface area contributed by atoms with Crippen molar-refractivity contribution in [2.75, 3.05) is 22.3 Å². The summed E-state index contributed by atoms with van der Waals surface area (Å²) in [5, 5.41) is 15.2. The Morgan fingerprint density at radius 3 is 2.80 bits per heavy atom. The number of carbonyl (C=O) groups is 1. The van der Waals surface area contributed by atoms with Gasteiger partial charge in [0.2, 0.25) is 11.1 Å². The van der Waals surface area contributed by atoms with Crippen molar-refractivity contribution in [3.8, 4) is 0 Å². The first-order valence-corrected chi connectivity index (χ1v) is 10.5. The molecule has 1 atom stereocenters. The topological polar surface area (TPSA) is 123 Å². The third-order valence-electron chi connectivity index (χ3n) is 4.44. The summed E-state index contributed by atoms with van der Waals surface area (Å²) in [5.74, 6) is 6.74. The maximum Gasteiger partial charge on any atom is 0.264 e. The van der Waals surface area contributed by atoms with E-state index in [2.05, 4.69) is 44.9 Å². The van der Waals surface area contributed by atoms with Crippen molar-refractivity contribution in [1.82, 2.24) is 19.9 Å². The number of nitrogen functional groups attached to an aromatic ring is 1. The molecule has 0 bridgehead atoms. The molecule has 2 aromatic heterocycles. The van der Waals surface area contributed by atoms with E-state index in [1.165, 1.54) is 22.0 Å². The second kappa shape index (κ2) is 10.4. The Balaban J connectivity index is 1.49. The van der Waals surface area contributed by atoms with E-state index in [9.17, 15) is 4.79 Å². The van der Waals surface area contributed by atoms with Gasteiger partial charge in [0, 0.05) is 23.6 Å². The summed E-state index contributed by atoms with van der Waals surface area (Å²) < 4.78 is 1.25. The number of rotatable bonds is 9. The van der Waals surface area contributed by atoms with Crippen LogP contribution in [-0.4, -0.2) is 37.7 Å². The fourth-order valence-corrected chi connectivity index (χ4v) is 3.18. The van der Waals surface area contributed by atoms with E-state index in [0.717, 1.165) is 17.7 Å². The molecule has 0 aliphatic rings. The highest BCUT2D eigenvalue weighted by molar-refractivity contribution is 7.99. The van der Waals surface area contributed by atoms with Gasteiger partial charge in [-0.2, -0.15) is 5.10 Å². The third kappa shape index (κ3) is 5.80. The minimum atomic E-state index is -0.150. The smallest absolute Gasteiger partial charge is 0.264 e. The third-order valence-corrected chi connectivity index (χ3v) is 5.38. The number of aromatic nitrogens is 4. The molecule has 10 heteroatoms. The average molecular weight is 425 g/mol. The Kier molecular flexibility index (Phi) is 7.39. The first kappa shape index (κ1) is 21.3. The molecule has 0 radical (unpaired) electrons. The predicted molar refractivity (Wildman–Crippen MR) is 120 cm³/mol. The van der Waals surface area contributed by atoms with Gasteiger partial charge in [-0.1, -0.05) is 43.8 Å². The van der Waals surface area contributed by atoms with Crippen LogP contribution in [0.1, 0.15) is 37.3 Å². The lowest BCUT2D eigenvalue weighted by molar-refractivity contribution is -0.113. The molecule has 1 unspecified atom stereocenters. The Bertz CT molecular complexity index is 988. The van der Waals surface area contributed by atoms with Gasteiger partial charge in [0.15, 0.2) is 0 Å². The van der Waals surface area contributed by atoms with Gasteiger partial charge in [-0.05, 0) is 36.1 Å². The van der Waals surface area contributed by atoms with Gasteiger partial charge in [0.1, 0.15) is 0 Å². The van der Waals surface area contributed by atoms with Crippen molar-refractivity contribution in [3.05, 3.63) is 59.9 Å². The lowest BCUT2D eigenvalue weighted by atomic mass is 9.99. The van der Waals surface area contributed by atoms with Gasteiger partial charge in [0.05, 0.1) is 12.0 Å². The van der Waals surface area contributed by atoms with Crippen molar-refractivity contribution in [2.45, 2.75) is 31.3 Å². The number of amides is 1. The lowest BCUT2D eigenvalue weighted by Crippen LogP contribution is -2.17. The van der Waals surface area contributed by atoms with E-state index in [-0.39, 0.29) is 17.6 Å². The Morgan fingerprint density at radius 2 is 2.10 bits per heavy atom. The molecule has 0 fully saturated rings. The van der Waals surface area contributed by atoms with Crippen LogP contribution in [0.2, 0.25) is 0 Å². The molecule has 1 amide bonds. The van der Waals surface area contributed by atoms with E-state index in [4.69, 9.17) is 5.84 Å². The quantitative estimate of drug-likeness (QED) is 0.209. The molecule has 4 N–H and O–H groups in total. The van der Waals surface area contributed by atoms with Crippen LogP contribution in [0.25, 0.3) is 0 Å². The Morgan fingerprint density at radius 1 is 1.30 bits per heavy atom. The van der Waals surface area contributed by atoms with Crippen LogP contribution in [0.3, 0.4) is 0 Å². The minimum Gasteiger partial charge on any atom is -0.334 e. The van der Waals surface area contributed by atoms with E-state index >= 15 is 0 Å². The van der Waals surface area contributed by atoms with E-state index in [1.807, 2.05) is 36.4 Å². The number of nitrogens with zero attached hydrogens (tertiary/aromatic N) is 5. The van der Waals surface area contributed by atoms with Crippen LogP contribution >= 0.6 is 11.8 Å². The first-order valence-electron chi connectivity index (χ1n) is 9.49. The SMILES string of the molecule is CCC(C)c1ccc(NC(=O)CSc2nnc(N/N=C/c3cccnc3)n2N)cc1. The number of benzene rings is 1. The number of hydrazone groups is 1. The lowest BCUT2D eigenvalue weighted by Gasteiger charge is -2.10. The molecule has 9 nitrogen and oxygen atoms in total. The number of thioether (sulfide) groups is 1. The molecule has 0 spiro atoms. The summed E-state index contributed by atoms with van der Waals surface area (Å²) in [7, 11) is 0. The normalized spacial score (nSPS) is 12.1. The van der Waals surface area contributed by atoms with E-state index < -0.39 is 0 Å². The van der Waals surface area contributed by atoms with Gasteiger partial charge < -0.3 is 11.2 Å². The number of carbonyl (C=O) groups excluding carboxylic acids is 1. The molecule has 0 aliphatic heterocycles. The van der Waals surface area contributed by atoms with Crippen molar-refractivity contribution in [2.24, 2.45) is 5.10 Å². The molecule has 156 valence electrons. The summed E-state index contributed by atoms with van der Waals surface area (Å²) in [6.07, 6.45) is 6.03. The van der Waals surface area contributed by atoms with Crippen molar-refractivity contribution in [3.63, 3.8) is 0 Å². The van der Waals surface area contributed by atoms with Gasteiger partial charge in [0.25, 0.3) is 5.95 Å². The fraction of sp³-hybridized carbons (Fsp3) is 0.250. The monoisotopic (exact) mass is 424 g/mol. The standard InChI is InChI=1S/C20H24N8OS/c1-3-14(2)16-6-8-17(9-7-16)24-18(29)13-30-20-27-26-19(28(20)21)25-23-12-15-5-4-10-22-11-15/h4-12,14H,3,13,21H2,1-2H3,(H,24,29)(H,25,26)/b23-12+. The second-order valence-corrected chi connectivity index (χ2v) is 7.54. The van der Waals surface area contributed by atoms with E-state index in [1.54, 1.807) is 18.6 Å². The number of hydrogen-bond acceptors (Lipinski definition) is 8. The molecule has 3 rings (SSSR count). The van der Waals surface area contributed by atoms with E-state index in [0.29, 0.717) is 11.1 Å². The van der Waals surface area contributed by atoms with Crippen LogP contribution in [0.5, 0.6) is 0 Å². The average Bonchev–Trinajstić information content (AvgIpc) is 3.12. The Labute approximate surface area is 179 Å². The number of anilines is 2. The molecule has 30 heavy (non-hydrogen) atoms.